The molecular weight excluding hydrogens is 489 g/mol. The van der Waals surface area contributed by atoms with Gasteiger partial charge in [-0.3, -0.25) is 9.59 Å². The standard InChI is InChI=1S/C24H26ClF3N2O5/c1-33-12-10-30(23(32)17-2-4-18(5-3-17)24(26,27)28)15-21-14-29(11-13-34-21)22(31)16-35-20-8-6-19(25)7-9-20/h2-9,21H,10-16H2,1H3/t21-/m1/s1. The summed E-state index contributed by atoms with van der Waals surface area (Å²) < 4.78 is 54.9. The van der Waals surface area contributed by atoms with Gasteiger partial charge in [0.15, 0.2) is 6.61 Å². The summed E-state index contributed by atoms with van der Waals surface area (Å²) in [6.07, 6.45) is -4.96. The van der Waals surface area contributed by atoms with Crippen LogP contribution in [0.2, 0.25) is 5.02 Å². The minimum atomic E-state index is -4.49. The van der Waals surface area contributed by atoms with Crippen molar-refractivity contribution >= 4 is 23.4 Å². The molecule has 1 atom stereocenters. The predicted octanol–water partition coefficient (Wildman–Crippen LogP) is 3.75. The number of carbonyl (C=O) groups is 2. The van der Waals surface area contributed by atoms with E-state index in [9.17, 15) is 22.8 Å². The van der Waals surface area contributed by atoms with Gasteiger partial charge in [-0.1, -0.05) is 11.6 Å². The van der Waals surface area contributed by atoms with Crippen molar-refractivity contribution in [3.05, 3.63) is 64.7 Å². The highest BCUT2D eigenvalue weighted by atomic mass is 35.5. The number of methoxy groups -OCH3 is 1. The molecule has 1 aliphatic rings. The maximum Gasteiger partial charge on any atom is 0.416 e. The Bertz CT molecular complexity index is 986. The van der Waals surface area contributed by atoms with Gasteiger partial charge in [0.2, 0.25) is 0 Å². The second-order valence-electron chi connectivity index (χ2n) is 7.89. The number of rotatable bonds is 9. The average molecular weight is 515 g/mol. The molecule has 11 heteroatoms. The van der Waals surface area contributed by atoms with Crippen LogP contribution >= 0.6 is 11.6 Å². The van der Waals surface area contributed by atoms with Gasteiger partial charge in [-0.25, -0.2) is 0 Å². The van der Waals surface area contributed by atoms with Crippen LogP contribution in [0.3, 0.4) is 0 Å². The lowest BCUT2D eigenvalue weighted by Crippen LogP contribution is -2.52. The Hall–Kier alpha value is -2.82. The van der Waals surface area contributed by atoms with Gasteiger partial charge in [0.1, 0.15) is 5.75 Å². The summed E-state index contributed by atoms with van der Waals surface area (Å²) in [5.41, 5.74) is -0.711. The van der Waals surface area contributed by atoms with Crippen LogP contribution in [0, 0.1) is 0 Å². The van der Waals surface area contributed by atoms with E-state index >= 15 is 0 Å². The second-order valence-corrected chi connectivity index (χ2v) is 8.33. The van der Waals surface area contributed by atoms with Crippen LogP contribution in [0.15, 0.2) is 48.5 Å². The van der Waals surface area contributed by atoms with Gasteiger partial charge in [-0.05, 0) is 48.5 Å². The molecule has 0 spiro atoms. The molecule has 0 saturated carbocycles. The lowest BCUT2D eigenvalue weighted by molar-refractivity contribution is -0.141. The molecule has 2 amide bonds. The molecule has 0 N–H and O–H groups in total. The lowest BCUT2D eigenvalue weighted by atomic mass is 10.1. The van der Waals surface area contributed by atoms with E-state index in [-0.39, 0.29) is 50.9 Å². The first kappa shape index (κ1) is 26.8. The molecular formula is C24H26ClF3N2O5. The Balaban J connectivity index is 1.60. The summed E-state index contributed by atoms with van der Waals surface area (Å²) in [4.78, 5) is 28.7. The molecule has 1 fully saturated rings. The Morgan fingerprint density at radius 1 is 1.14 bits per heavy atom. The van der Waals surface area contributed by atoms with Crippen molar-refractivity contribution in [2.24, 2.45) is 0 Å². The van der Waals surface area contributed by atoms with Gasteiger partial charge in [-0.2, -0.15) is 13.2 Å². The van der Waals surface area contributed by atoms with E-state index < -0.39 is 23.8 Å². The van der Waals surface area contributed by atoms with Crippen molar-refractivity contribution in [3.8, 4) is 5.75 Å². The molecule has 1 heterocycles. The Morgan fingerprint density at radius 3 is 2.46 bits per heavy atom. The summed E-state index contributed by atoms with van der Waals surface area (Å²) in [5.74, 6) is -0.167. The molecule has 0 aliphatic carbocycles. The first-order valence-electron chi connectivity index (χ1n) is 10.9. The highest BCUT2D eigenvalue weighted by Gasteiger charge is 2.31. The van der Waals surface area contributed by atoms with Gasteiger partial charge in [0.05, 0.1) is 24.9 Å². The molecule has 3 rings (SSSR count). The first-order chi connectivity index (χ1) is 16.7. The number of amides is 2. The zero-order valence-electron chi connectivity index (χ0n) is 19.1. The fraction of sp³-hybridized carbons (Fsp3) is 0.417. The second kappa shape index (κ2) is 12.2. The van der Waals surface area contributed by atoms with Gasteiger partial charge in [-0.15, -0.1) is 0 Å². The Labute approximate surface area is 206 Å². The van der Waals surface area contributed by atoms with Crippen molar-refractivity contribution in [3.63, 3.8) is 0 Å². The van der Waals surface area contributed by atoms with E-state index in [1.807, 2.05) is 0 Å². The lowest BCUT2D eigenvalue weighted by Gasteiger charge is -2.35. The molecule has 0 bridgehead atoms. The summed E-state index contributed by atoms with van der Waals surface area (Å²) >= 11 is 5.85. The number of morpholine rings is 1. The van der Waals surface area contributed by atoms with Crippen LogP contribution in [0.4, 0.5) is 13.2 Å². The largest absolute Gasteiger partial charge is 0.484 e. The topological polar surface area (TPSA) is 68.3 Å². The molecule has 0 radical (unpaired) electrons. The zero-order valence-corrected chi connectivity index (χ0v) is 19.8. The summed E-state index contributed by atoms with van der Waals surface area (Å²) in [6.45, 7) is 1.33. The number of hydrogen-bond donors (Lipinski definition) is 0. The van der Waals surface area contributed by atoms with Crippen LogP contribution in [0.25, 0.3) is 0 Å². The minimum Gasteiger partial charge on any atom is -0.484 e. The molecule has 0 unspecified atom stereocenters. The van der Waals surface area contributed by atoms with Crippen molar-refractivity contribution in [2.75, 3.05) is 53.1 Å². The van der Waals surface area contributed by atoms with Gasteiger partial charge in [0.25, 0.3) is 11.8 Å². The normalized spacial score (nSPS) is 16.1. The number of benzene rings is 2. The third-order valence-electron chi connectivity index (χ3n) is 5.40. The van der Waals surface area contributed by atoms with Crippen LogP contribution in [0.1, 0.15) is 15.9 Å². The fourth-order valence-corrected chi connectivity index (χ4v) is 3.66. The van der Waals surface area contributed by atoms with E-state index in [1.165, 1.54) is 12.0 Å². The van der Waals surface area contributed by atoms with Crippen molar-refractivity contribution < 1.29 is 37.0 Å². The first-order valence-corrected chi connectivity index (χ1v) is 11.3. The third-order valence-corrected chi connectivity index (χ3v) is 5.66. The highest BCUT2D eigenvalue weighted by Crippen LogP contribution is 2.29. The zero-order chi connectivity index (χ0) is 25.4. The van der Waals surface area contributed by atoms with E-state index in [4.69, 9.17) is 25.8 Å². The van der Waals surface area contributed by atoms with E-state index in [1.54, 1.807) is 29.2 Å². The SMILES string of the molecule is COCCN(C[C@H]1CN(C(=O)COc2ccc(Cl)cc2)CCO1)C(=O)c1ccc(C(F)(F)F)cc1. The van der Waals surface area contributed by atoms with Crippen molar-refractivity contribution in [2.45, 2.75) is 12.3 Å². The molecule has 7 nitrogen and oxygen atoms in total. The van der Waals surface area contributed by atoms with Crippen LogP contribution < -0.4 is 4.74 Å². The highest BCUT2D eigenvalue weighted by molar-refractivity contribution is 6.30. The number of carbonyl (C=O) groups excluding carboxylic acids is 2. The minimum absolute atomic E-state index is 0.120. The van der Waals surface area contributed by atoms with Crippen molar-refractivity contribution in [1.82, 2.24) is 9.80 Å². The fourth-order valence-electron chi connectivity index (χ4n) is 3.53. The summed E-state index contributed by atoms with van der Waals surface area (Å²) in [7, 11) is 1.49. The van der Waals surface area contributed by atoms with Crippen molar-refractivity contribution in [1.29, 1.82) is 0 Å². The summed E-state index contributed by atoms with van der Waals surface area (Å²) in [5, 5.41) is 0.559. The number of nitrogens with zero attached hydrogens (tertiary/aromatic N) is 2. The molecule has 2 aromatic rings. The van der Waals surface area contributed by atoms with Gasteiger partial charge in [0, 0.05) is 43.9 Å². The molecule has 2 aromatic carbocycles. The van der Waals surface area contributed by atoms with Crippen LogP contribution in [0.5, 0.6) is 5.75 Å². The third kappa shape index (κ3) is 7.84. The van der Waals surface area contributed by atoms with Crippen LogP contribution in [-0.4, -0.2) is 80.8 Å². The quantitative estimate of drug-likeness (QED) is 0.510. The van der Waals surface area contributed by atoms with Gasteiger partial charge < -0.3 is 24.0 Å². The Kier molecular flexibility index (Phi) is 9.36. The number of hydrogen-bond acceptors (Lipinski definition) is 5. The number of alkyl halides is 3. The number of ether oxygens (including phenoxy) is 3. The molecule has 0 aromatic heterocycles. The van der Waals surface area contributed by atoms with E-state index in [0.29, 0.717) is 17.3 Å². The smallest absolute Gasteiger partial charge is 0.416 e. The monoisotopic (exact) mass is 514 g/mol. The number of halogens is 4. The summed E-state index contributed by atoms with van der Waals surface area (Å²) in [6, 6.07) is 10.7. The maximum atomic E-state index is 13.0. The molecule has 35 heavy (non-hydrogen) atoms. The van der Waals surface area contributed by atoms with E-state index in [0.717, 1.165) is 24.3 Å². The van der Waals surface area contributed by atoms with Crippen LogP contribution in [-0.2, 0) is 20.4 Å². The van der Waals surface area contributed by atoms with E-state index in [2.05, 4.69) is 0 Å². The predicted molar refractivity (Wildman–Crippen MR) is 122 cm³/mol. The molecule has 1 aliphatic heterocycles. The maximum absolute atomic E-state index is 13.0. The molecule has 190 valence electrons. The Morgan fingerprint density at radius 2 is 1.83 bits per heavy atom. The average Bonchev–Trinajstić information content (AvgIpc) is 2.85. The molecule has 1 saturated heterocycles. The van der Waals surface area contributed by atoms with Gasteiger partial charge >= 0.3 is 6.18 Å².